The van der Waals surface area contributed by atoms with Crippen LogP contribution in [-0.2, 0) is 4.43 Å². The van der Waals surface area contributed by atoms with Gasteiger partial charge in [0.2, 0.25) is 0 Å². The van der Waals surface area contributed by atoms with E-state index < -0.39 is 0 Å². The third kappa shape index (κ3) is 2.88. The molecule has 1 unspecified atom stereocenters. The zero-order valence-corrected chi connectivity index (χ0v) is 15.3. The van der Waals surface area contributed by atoms with E-state index in [-0.39, 0.29) is 15.5 Å². The number of phenolic OH excluding ortho intramolecular Hbond substituents is 1. The van der Waals surface area contributed by atoms with Gasteiger partial charge in [0.1, 0.15) is 5.75 Å². The Labute approximate surface area is 150 Å². The summed E-state index contributed by atoms with van der Waals surface area (Å²) < 4.78 is 1.04. The van der Waals surface area contributed by atoms with Crippen molar-refractivity contribution in [2.75, 3.05) is 0 Å². The Morgan fingerprint density at radius 3 is 2.48 bits per heavy atom. The highest BCUT2D eigenvalue weighted by atomic mass is 127. The second kappa shape index (κ2) is 6.08. The first-order chi connectivity index (χ1) is 10.1. The second-order valence-electron chi connectivity index (χ2n) is 4.93. The maximum atomic E-state index is 12.3. The van der Waals surface area contributed by atoms with Crippen LogP contribution in [0, 0.1) is 0 Å². The average molecular weight is 502 g/mol. The number of rotatable bonds is 2. The number of halogens is 2. The van der Waals surface area contributed by atoms with Crippen molar-refractivity contribution in [1.82, 2.24) is 0 Å². The fourth-order valence-corrected chi connectivity index (χ4v) is 4.02. The molecule has 4 heteroatoms. The van der Waals surface area contributed by atoms with Gasteiger partial charge in [0, 0.05) is 9.99 Å². The molecule has 1 atom stereocenters. The third-order valence-corrected chi connectivity index (χ3v) is 5.80. The Bertz CT molecular complexity index is 733. The minimum Gasteiger partial charge on any atom is -0.508 e. The predicted molar refractivity (Wildman–Crippen MR) is 101 cm³/mol. The number of phenols is 1. The maximum absolute atomic E-state index is 12.3. The normalized spacial score (nSPS) is 17.3. The Kier molecular flexibility index (Phi) is 4.35. The van der Waals surface area contributed by atoms with E-state index in [2.05, 4.69) is 69.4 Å². The first-order valence-corrected chi connectivity index (χ1v) is 9.25. The molecule has 0 fully saturated rings. The fraction of sp³-hybridized carbons (Fsp3) is 0.118. The van der Waals surface area contributed by atoms with Gasteiger partial charge in [0.05, 0.1) is 3.92 Å². The fourth-order valence-electron chi connectivity index (χ4n) is 2.46. The van der Waals surface area contributed by atoms with E-state index in [9.17, 15) is 9.90 Å². The SMILES string of the molecule is O=C1C=C(c2ccc(CI)cc2)C(I)c2cc(O)ccc21. The Hall–Kier alpha value is -0.890. The number of hydrogen-bond donors (Lipinski definition) is 1. The second-order valence-corrected chi connectivity index (χ2v) is 6.94. The molecule has 21 heavy (non-hydrogen) atoms. The highest BCUT2D eigenvalue weighted by molar-refractivity contribution is 14.1. The van der Waals surface area contributed by atoms with Gasteiger partial charge in [-0.05, 0) is 46.5 Å². The van der Waals surface area contributed by atoms with Crippen molar-refractivity contribution in [2.24, 2.45) is 0 Å². The Morgan fingerprint density at radius 2 is 1.81 bits per heavy atom. The summed E-state index contributed by atoms with van der Waals surface area (Å²) in [5.74, 6) is 0.204. The molecule has 0 bridgehead atoms. The van der Waals surface area contributed by atoms with Crippen molar-refractivity contribution in [1.29, 1.82) is 0 Å². The lowest BCUT2D eigenvalue weighted by Crippen LogP contribution is -2.11. The van der Waals surface area contributed by atoms with Crippen LogP contribution in [0.2, 0.25) is 0 Å². The van der Waals surface area contributed by atoms with Crippen molar-refractivity contribution in [2.45, 2.75) is 8.35 Å². The number of carbonyl (C=O) groups excluding carboxylic acids is 1. The molecule has 0 amide bonds. The van der Waals surface area contributed by atoms with E-state index in [0.29, 0.717) is 5.56 Å². The lowest BCUT2D eigenvalue weighted by molar-refractivity contribution is 0.104. The standard InChI is InChI=1S/C17H12I2O2/c18-9-10-1-3-11(4-2-10)14-8-16(21)13-6-5-12(20)7-15(13)17(14)19/h1-8,17,20H,9H2. The van der Waals surface area contributed by atoms with Crippen molar-refractivity contribution in [3.63, 3.8) is 0 Å². The van der Waals surface area contributed by atoms with Gasteiger partial charge in [-0.15, -0.1) is 0 Å². The molecule has 0 saturated carbocycles. The smallest absolute Gasteiger partial charge is 0.186 e. The number of allylic oxidation sites excluding steroid dienone is 2. The van der Waals surface area contributed by atoms with Gasteiger partial charge >= 0.3 is 0 Å². The first kappa shape index (κ1) is 15.0. The summed E-state index contributed by atoms with van der Waals surface area (Å²) in [6.45, 7) is 0. The zero-order valence-electron chi connectivity index (χ0n) is 11.0. The molecule has 106 valence electrons. The molecular weight excluding hydrogens is 490 g/mol. The third-order valence-electron chi connectivity index (χ3n) is 3.57. The summed E-state index contributed by atoms with van der Waals surface area (Å²) in [7, 11) is 0. The van der Waals surface area contributed by atoms with Crippen molar-refractivity contribution in [3.8, 4) is 5.75 Å². The molecule has 0 aromatic heterocycles. The van der Waals surface area contributed by atoms with Gasteiger partial charge in [-0.2, -0.15) is 0 Å². The van der Waals surface area contributed by atoms with Gasteiger partial charge in [-0.25, -0.2) is 0 Å². The molecule has 0 aliphatic heterocycles. The number of ketones is 1. The molecule has 0 spiro atoms. The van der Waals surface area contributed by atoms with Gasteiger partial charge < -0.3 is 5.11 Å². The van der Waals surface area contributed by atoms with E-state index in [1.165, 1.54) is 5.56 Å². The van der Waals surface area contributed by atoms with Gasteiger partial charge in [0.15, 0.2) is 5.78 Å². The van der Waals surface area contributed by atoms with E-state index in [1.807, 2.05) is 0 Å². The van der Waals surface area contributed by atoms with Crippen molar-refractivity contribution >= 4 is 56.5 Å². The number of carbonyl (C=O) groups is 1. The van der Waals surface area contributed by atoms with Gasteiger partial charge in [0.25, 0.3) is 0 Å². The number of hydrogen-bond acceptors (Lipinski definition) is 2. The molecule has 3 rings (SSSR count). The predicted octanol–water partition coefficient (Wildman–Crippen LogP) is 5.08. The molecule has 1 aliphatic rings. The molecule has 1 aliphatic carbocycles. The number of alkyl halides is 2. The van der Waals surface area contributed by atoms with Crippen LogP contribution in [0.4, 0.5) is 0 Å². The summed E-state index contributed by atoms with van der Waals surface area (Å²) in [5, 5.41) is 9.68. The summed E-state index contributed by atoms with van der Waals surface area (Å²) in [6, 6.07) is 13.3. The Balaban J connectivity index is 2.06. The van der Waals surface area contributed by atoms with Gasteiger partial charge in [-0.3, -0.25) is 4.79 Å². The highest BCUT2D eigenvalue weighted by Crippen LogP contribution is 2.43. The van der Waals surface area contributed by atoms with Crippen LogP contribution >= 0.6 is 45.2 Å². The van der Waals surface area contributed by atoms with E-state index in [4.69, 9.17) is 0 Å². The number of aromatic hydroxyl groups is 1. The van der Waals surface area contributed by atoms with Crippen LogP contribution in [0.1, 0.15) is 31.0 Å². The summed E-state index contributed by atoms with van der Waals surface area (Å²) >= 11 is 4.66. The molecule has 2 nitrogen and oxygen atoms in total. The molecular formula is C17H12I2O2. The van der Waals surface area contributed by atoms with Crippen LogP contribution in [0.25, 0.3) is 5.57 Å². The molecule has 0 radical (unpaired) electrons. The lowest BCUT2D eigenvalue weighted by atomic mass is 9.87. The summed E-state index contributed by atoms with van der Waals surface area (Å²) in [5.41, 5.74) is 4.89. The summed E-state index contributed by atoms with van der Waals surface area (Å²) in [4.78, 5) is 12.3. The van der Waals surface area contributed by atoms with Crippen LogP contribution < -0.4 is 0 Å². The quantitative estimate of drug-likeness (QED) is 0.460. The first-order valence-electron chi connectivity index (χ1n) is 6.48. The monoisotopic (exact) mass is 502 g/mol. The van der Waals surface area contributed by atoms with E-state index in [1.54, 1.807) is 24.3 Å². The van der Waals surface area contributed by atoms with E-state index in [0.717, 1.165) is 21.1 Å². The molecule has 2 aromatic rings. The topological polar surface area (TPSA) is 37.3 Å². The average Bonchev–Trinajstić information content (AvgIpc) is 2.51. The van der Waals surface area contributed by atoms with Crippen molar-refractivity contribution in [3.05, 3.63) is 70.8 Å². The molecule has 2 aromatic carbocycles. The van der Waals surface area contributed by atoms with Crippen LogP contribution in [0.15, 0.2) is 48.5 Å². The summed E-state index contributed by atoms with van der Waals surface area (Å²) in [6.07, 6.45) is 1.72. The Morgan fingerprint density at radius 1 is 1.10 bits per heavy atom. The molecule has 0 saturated heterocycles. The van der Waals surface area contributed by atoms with Gasteiger partial charge in [-0.1, -0.05) is 69.4 Å². The minimum atomic E-state index is 0.00545. The number of benzene rings is 2. The zero-order chi connectivity index (χ0) is 15.0. The highest BCUT2D eigenvalue weighted by Gasteiger charge is 2.26. The lowest BCUT2D eigenvalue weighted by Gasteiger charge is -2.22. The van der Waals surface area contributed by atoms with Crippen LogP contribution in [0.5, 0.6) is 5.75 Å². The maximum Gasteiger partial charge on any atom is 0.186 e. The van der Waals surface area contributed by atoms with Crippen LogP contribution in [-0.4, -0.2) is 10.9 Å². The van der Waals surface area contributed by atoms with Crippen molar-refractivity contribution < 1.29 is 9.90 Å². The molecule has 1 N–H and O–H groups in total. The minimum absolute atomic E-state index is 0.00545. The largest absolute Gasteiger partial charge is 0.508 e. The van der Waals surface area contributed by atoms with Crippen LogP contribution in [0.3, 0.4) is 0 Å². The molecule has 0 heterocycles. The van der Waals surface area contributed by atoms with E-state index >= 15 is 0 Å². The number of fused-ring (bicyclic) bond motifs is 1.